The van der Waals surface area contributed by atoms with Gasteiger partial charge in [0.05, 0.1) is 12.1 Å². The van der Waals surface area contributed by atoms with Gasteiger partial charge in [0, 0.05) is 30.6 Å². The van der Waals surface area contributed by atoms with E-state index >= 15 is 0 Å². The minimum absolute atomic E-state index is 0.00336. The van der Waals surface area contributed by atoms with Crippen LogP contribution in [0.25, 0.3) is 0 Å². The van der Waals surface area contributed by atoms with E-state index in [4.69, 9.17) is 27.9 Å². The van der Waals surface area contributed by atoms with Gasteiger partial charge in [0.15, 0.2) is 0 Å². The smallest absolute Gasteiger partial charge is 0.244 e. The van der Waals surface area contributed by atoms with Crippen LogP contribution in [0, 0.1) is 5.92 Å². The lowest BCUT2D eigenvalue weighted by Gasteiger charge is -2.30. The van der Waals surface area contributed by atoms with Crippen molar-refractivity contribution >= 4 is 39.1 Å². The molecule has 2 aromatic rings. The number of carbonyl (C=O) groups excluding carboxylic acids is 1. The van der Waals surface area contributed by atoms with Crippen LogP contribution in [0.3, 0.4) is 0 Å². The van der Waals surface area contributed by atoms with Crippen molar-refractivity contribution in [1.82, 2.24) is 9.62 Å². The lowest BCUT2D eigenvalue weighted by Crippen LogP contribution is -2.43. The summed E-state index contributed by atoms with van der Waals surface area (Å²) in [5, 5.41) is 3.40. The zero-order valence-electron chi connectivity index (χ0n) is 16.6. The van der Waals surface area contributed by atoms with Crippen molar-refractivity contribution in [3.05, 3.63) is 58.1 Å². The highest BCUT2D eigenvalue weighted by molar-refractivity contribution is 7.89. The molecule has 0 unspecified atom stereocenters. The Morgan fingerprint density at radius 1 is 1.17 bits per heavy atom. The number of methoxy groups -OCH3 is 1. The lowest BCUT2D eigenvalue weighted by molar-refractivity contribution is -0.126. The molecule has 162 valence electrons. The van der Waals surface area contributed by atoms with Crippen LogP contribution in [0.15, 0.2) is 47.4 Å². The predicted octanol–water partition coefficient (Wildman–Crippen LogP) is 3.76. The van der Waals surface area contributed by atoms with Gasteiger partial charge in [-0.3, -0.25) is 4.79 Å². The van der Waals surface area contributed by atoms with E-state index in [-0.39, 0.29) is 34.8 Å². The third-order valence-electron chi connectivity index (χ3n) is 5.22. The molecule has 9 heteroatoms. The maximum Gasteiger partial charge on any atom is 0.244 e. The highest BCUT2D eigenvalue weighted by Gasteiger charge is 2.33. The van der Waals surface area contributed by atoms with Gasteiger partial charge in [0.25, 0.3) is 0 Å². The number of para-hydroxylation sites is 1. The predicted molar refractivity (Wildman–Crippen MR) is 118 cm³/mol. The van der Waals surface area contributed by atoms with Crippen LogP contribution in [0.2, 0.25) is 10.0 Å². The maximum atomic E-state index is 12.9. The largest absolute Gasteiger partial charge is 0.496 e. The molecule has 0 aliphatic carbocycles. The topological polar surface area (TPSA) is 75.7 Å². The molecular formula is C21H24Cl2N2O4S. The molecule has 1 heterocycles. The van der Waals surface area contributed by atoms with Gasteiger partial charge in [-0.15, -0.1) is 0 Å². The van der Waals surface area contributed by atoms with Gasteiger partial charge in [0.1, 0.15) is 10.6 Å². The van der Waals surface area contributed by atoms with Gasteiger partial charge in [-0.2, -0.15) is 4.31 Å². The fourth-order valence-electron chi connectivity index (χ4n) is 3.55. The SMILES string of the molecule is COc1ccccc1CCNC(=O)C1CCN(S(=O)(=O)c2cc(Cl)ccc2Cl)CC1. The highest BCUT2D eigenvalue weighted by atomic mass is 35.5. The van der Waals surface area contributed by atoms with E-state index < -0.39 is 10.0 Å². The summed E-state index contributed by atoms with van der Waals surface area (Å²) in [6.45, 7) is 1.02. The summed E-state index contributed by atoms with van der Waals surface area (Å²) >= 11 is 12.0. The summed E-state index contributed by atoms with van der Waals surface area (Å²) in [5.41, 5.74) is 1.03. The Balaban J connectivity index is 1.53. The summed E-state index contributed by atoms with van der Waals surface area (Å²) < 4.78 is 32.5. The summed E-state index contributed by atoms with van der Waals surface area (Å²) in [6, 6.07) is 12.1. The molecule has 0 bridgehead atoms. The van der Waals surface area contributed by atoms with Crippen molar-refractivity contribution in [2.75, 3.05) is 26.7 Å². The number of piperidine rings is 1. The number of halogens is 2. The van der Waals surface area contributed by atoms with Gasteiger partial charge in [0.2, 0.25) is 15.9 Å². The summed E-state index contributed by atoms with van der Waals surface area (Å²) in [5.74, 6) is 0.525. The maximum absolute atomic E-state index is 12.9. The van der Waals surface area contributed by atoms with E-state index in [1.54, 1.807) is 13.2 Å². The minimum atomic E-state index is -3.75. The van der Waals surface area contributed by atoms with Crippen LogP contribution in [0.1, 0.15) is 18.4 Å². The Bertz CT molecular complexity index is 1010. The number of hydrogen-bond donors (Lipinski definition) is 1. The molecule has 0 spiro atoms. The van der Waals surface area contributed by atoms with E-state index in [2.05, 4.69) is 5.32 Å². The molecule has 1 aliphatic heterocycles. The highest BCUT2D eigenvalue weighted by Crippen LogP contribution is 2.30. The van der Waals surface area contributed by atoms with Crippen LogP contribution in [-0.4, -0.2) is 45.4 Å². The average molecular weight is 471 g/mol. The minimum Gasteiger partial charge on any atom is -0.496 e. The van der Waals surface area contributed by atoms with Crippen molar-refractivity contribution < 1.29 is 17.9 Å². The first-order valence-corrected chi connectivity index (χ1v) is 11.9. The van der Waals surface area contributed by atoms with Crippen LogP contribution in [-0.2, 0) is 21.2 Å². The lowest BCUT2D eigenvalue weighted by atomic mass is 9.97. The molecule has 2 aromatic carbocycles. The van der Waals surface area contributed by atoms with Crippen LogP contribution < -0.4 is 10.1 Å². The Labute approximate surface area is 187 Å². The fourth-order valence-corrected chi connectivity index (χ4v) is 5.75. The number of hydrogen-bond acceptors (Lipinski definition) is 4. The third-order valence-corrected chi connectivity index (χ3v) is 7.84. The number of nitrogens with zero attached hydrogens (tertiary/aromatic N) is 1. The van der Waals surface area contributed by atoms with Crippen molar-refractivity contribution in [2.24, 2.45) is 5.92 Å². The van der Waals surface area contributed by atoms with Gasteiger partial charge in [-0.25, -0.2) is 8.42 Å². The molecule has 30 heavy (non-hydrogen) atoms. The molecule has 1 N–H and O–H groups in total. The first-order chi connectivity index (χ1) is 14.3. The first kappa shape index (κ1) is 22.9. The Kier molecular flexibility index (Phi) is 7.63. The third kappa shape index (κ3) is 5.27. The van der Waals surface area contributed by atoms with Crippen LogP contribution in [0.5, 0.6) is 5.75 Å². The molecule has 0 radical (unpaired) electrons. The van der Waals surface area contributed by atoms with Gasteiger partial charge in [-0.05, 0) is 49.1 Å². The zero-order chi connectivity index (χ0) is 21.7. The number of benzene rings is 2. The number of nitrogens with one attached hydrogen (secondary N) is 1. The molecule has 1 aliphatic rings. The molecule has 1 fully saturated rings. The molecule has 3 rings (SSSR count). The van der Waals surface area contributed by atoms with E-state index in [0.29, 0.717) is 30.8 Å². The van der Waals surface area contributed by atoms with Gasteiger partial charge in [-0.1, -0.05) is 41.4 Å². The number of ether oxygens (including phenoxy) is 1. The second-order valence-corrected chi connectivity index (χ2v) is 9.86. The molecule has 0 atom stereocenters. The second kappa shape index (κ2) is 10.0. The van der Waals surface area contributed by atoms with Gasteiger partial charge >= 0.3 is 0 Å². The number of amides is 1. The monoisotopic (exact) mass is 470 g/mol. The Morgan fingerprint density at radius 2 is 1.87 bits per heavy atom. The van der Waals surface area contributed by atoms with Crippen molar-refractivity contribution in [3.63, 3.8) is 0 Å². The molecule has 0 saturated carbocycles. The Morgan fingerprint density at radius 3 is 2.57 bits per heavy atom. The summed E-state index contributed by atoms with van der Waals surface area (Å²) in [4.78, 5) is 12.5. The van der Waals surface area contributed by atoms with Crippen molar-refractivity contribution in [2.45, 2.75) is 24.2 Å². The van der Waals surface area contributed by atoms with Crippen LogP contribution in [0.4, 0.5) is 0 Å². The molecular weight excluding hydrogens is 447 g/mol. The standard InChI is InChI=1S/C21H24Cl2N2O4S/c1-29-19-5-3-2-4-15(19)8-11-24-21(26)16-9-12-25(13-10-16)30(27,28)20-14-17(22)6-7-18(20)23/h2-7,14,16H,8-13H2,1H3,(H,24,26). The molecule has 6 nitrogen and oxygen atoms in total. The van der Waals surface area contributed by atoms with Crippen molar-refractivity contribution in [1.29, 1.82) is 0 Å². The second-order valence-electron chi connectivity index (χ2n) is 7.11. The normalized spacial score (nSPS) is 15.7. The number of rotatable bonds is 7. The quantitative estimate of drug-likeness (QED) is 0.668. The zero-order valence-corrected chi connectivity index (χ0v) is 18.9. The Hall–Kier alpha value is -1.80. The van der Waals surface area contributed by atoms with E-state index in [1.807, 2.05) is 24.3 Å². The van der Waals surface area contributed by atoms with Crippen LogP contribution >= 0.6 is 23.2 Å². The fraction of sp³-hybridized carbons (Fsp3) is 0.381. The average Bonchev–Trinajstić information content (AvgIpc) is 2.75. The first-order valence-electron chi connectivity index (χ1n) is 9.67. The van der Waals surface area contributed by atoms with E-state index in [9.17, 15) is 13.2 Å². The van der Waals surface area contributed by atoms with Crippen molar-refractivity contribution in [3.8, 4) is 5.75 Å². The van der Waals surface area contributed by atoms with Gasteiger partial charge < -0.3 is 10.1 Å². The summed E-state index contributed by atoms with van der Waals surface area (Å²) in [7, 11) is -2.13. The number of carbonyl (C=O) groups is 1. The summed E-state index contributed by atoms with van der Waals surface area (Å²) in [6.07, 6.45) is 1.58. The molecule has 1 saturated heterocycles. The molecule has 0 aromatic heterocycles. The number of sulfonamides is 1. The van der Waals surface area contributed by atoms with E-state index in [1.165, 1.54) is 16.4 Å². The molecule has 1 amide bonds. The van der Waals surface area contributed by atoms with E-state index in [0.717, 1.165) is 11.3 Å².